The van der Waals surface area contributed by atoms with Crippen molar-refractivity contribution in [3.63, 3.8) is 0 Å². The van der Waals surface area contributed by atoms with E-state index in [1.165, 1.54) is 88.4 Å². The van der Waals surface area contributed by atoms with Crippen LogP contribution in [-0.4, -0.2) is 44.4 Å². The van der Waals surface area contributed by atoms with Gasteiger partial charge in [-0.1, -0.05) is 96.8 Å². The molecular formula is C23H48ClNO3+. The van der Waals surface area contributed by atoms with Crippen LogP contribution in [0.3, 0.4) is 0 Å². The van der Waals surface area contributed by atoms with E-state index in [0.717, 1.165) is 19.4 Å². The van der Waals surface area contributed by atoms with Crippen molar-refractivity contribution >= 4 is 5.97 Å². The minimum Gasteiger partial charge on any atom is -1.00 e. The third-order valence-electron chi connectivity index (χ3n) is 5.31. The Balaban J connectivity index is 0. The van der Waals surface area contributed by atoms with E-state index in [2.05, 4.69) is 6.92 Å². The molecule has 0 bridgehead atoms. The predicted molar refractivity (Wildman–Crippen MR) is 114 cm³/mol. The molecule has 0 aromatic rings. The average molecular weight is 422 g/mol. The summed E-state index contributed by atoms with van der Waals surface area (Å²) in [7, 11) is 2.00. The Morgan fingerprint density at radius 1 is 0.750 bits per heavy atom. The minimum absolute atomic E-state index is 0. The zero-order valence-electron chi connectivity index (χ0n) is 18.8. The SMILES string of the molecule is CCCCCCCCCCCCCCCCCC(=[O+])OCC[NH+](C)CCO.[Cl-]. The van der Waals surface area contributed by atoms with Crippen molar-refractivity contribution in [1.82, 2.24) is 0 Å². The molecule has 1 unspecified atom stereocenters. The van der Waals surface area contributed by atoms with Gasteiger partial charge < -0.3 is 27.2 Å². The first-order valence-corrected chi connectivity index (χ1v) is 11.8. The van der Waals surface area contributed by atoms with E-state index in [4.69, 9.17) is 9.84 Å². The van der Waals surface area contributed by atoms with Crippen LogP contribution in [0, 0.1) is 0 Å². The number of hydrogen-bond donors (Lipinski definition) is 2. The van der Waals surface area contributed by atoms with Crippen LogP contribution < -0.4 is 17.3 Å². The molecule has 0 aliphatic heterocycles. The molecule has 0 aliphatic carbocycles. The normalized spacial score (nSPS) is 11.8. The lowest BCUT2D eigenvalue weighted by Gasteiger charge is -2.08. The van der Waals surface area contributed by atoms with Crippen molar-refractivity contribution in [1.29, 1.82) is 0 Å². The summed E-state index contributed by atoms with van der Waals surface area (Å²) in [6.07, 6.45) is 20.6. The fraction of sp³-hybridized carbons (Fsp3) is 0.957. The number of hydrogen-bond acceptors (Lipinski definition) is 3. The smallest absolute Gasteiger partial charge is 0.574 e. The van der Waals surface area contributed by atoms with E-state index in [1.807, 2.05) is 7.05 Å². The molecule has 1 atom stereocenters. The van der Waals surface area contributed by atoms with Gasteiger partial charge in [-0.25, -0.2) is 0 Å². The number of halogens is 1. The highest BCUT2D eigenvalue weighted by Crippen LogP contribution is 2.13. The summed E-state index contributed by atoms with van der Waals surface area (Å²) >= 11 is 0. The molecule has 2 N–H and O–H groups in total. The third kappa shape index (κ3) is 23.7. The van der Waals surface area contributed by atoms with Crippen molar-refractivity contribution in [3.05, 3.63) is 0 Å². The highest BCUT2D eigenvalue weighted by Gasteiger charge is 2.16. The molecule has 4 nitrogen and oxygen atoms in total. The lowest BCUT2D eigenvalue weighted by atomic mass is 10.0. The first-order chi connectivity index (χ1) is 13.2. The monoisotopic (exact) mass is 421 g/mol. The summed E-state index contributed by atoms with van der Waals surface area (Å²) in [6, 6.07) is 0. The van der Waals surface area contributed by atoms with Crippen LogP contribution in [0.1, 0.15) is 110 Å². The fourth-order valence-electron chi connectivity index (χ4n) is 3.37. The molecule has 0 aliphatic rings. The Hall–Kier alpha value is -0.320. The number of carbonyl (C=O) groups is 1. The Morgan fingerprint density at radius 2 is 1.18 bits per heavy atom. The number of carbonyl (C=O) groups excluding carboxylic acids is 1. The Morgan fingerprint density at radius 3 is 1.61 bits per heavy atom. The van der Waals surface area contributed by atoms with Gasteiger partial charge in [0.25, 0.3) is 0 Å². The Kier molecular flexibility index (Phi) is 26.4. The largest absolute Gasteiger partial charge is 1.00 e. The predicted octanol–water partition coefficient (Wildman–Crippen LogP) is 1.30. The van der Waals surface area contributed by atoms with Crippen molar-refractivity contribution in [3.8, 4) is 0 Å². The van der Waals surface area contributed by atoms with Crippen LogP contribution in [0.15, 0.2) is 0 Å². The van der Waals surface area contributed by atoms with Gasteiger partial charge in [-0.05, 0) is 6.42 Å². The number of unbranched alkanes of at least 4 members (excludes halogenated alkanes) is 14. The van der Waals surface area contributed by atoms with Crippen LogP contribution in [0.4, 0.5) is 0 Å². The highest BCUT2D eigenvalue weighted by atomic mass is 35.5. The number of likely N-dealkylation sites (N-methyl/N-ethyl adjacent to an activating group) is 1. The van der Waals surface area contributed by atoms with Crippen LogP contribution in [-0.2, 0) is 9.53 Å². The first-order valence-electron chi connectivity index (χ1n) is 11.8. The summed E-state index contributed by atoms with van der Waals surface area (Å²) in [5.74, 6) is -0.0681. The fourth-order valence-corrected chi connectivity index (χ4v) is 3.37. The van der Waals surface area contributed by atoms with E-state index in [1.54, 1.807) is 0 Å². The summed E-state index contributed by atoms with van der Waals surface area (Å²) in [6.45, 7) is 4.39. The molecule has 0 fully saturated rings. The number of ether oxygens (including phenoxy) is 1. The summed E-state index contributed by atoms with van der Waals surface area (Å²) in [4.78, 5) is 12.8. The molecule has 0 amide bonds. The van der Waals surface area contributed by atoms with Crippen LogP contribution in [0.25, 0.3) is 0 Å². The van der Waals surface area contributed by atoms with Crippen LogP contribution in [0.2, 0.25) is 0 Å². The molecule has 1 radical (unpaired) electrons. The highest BCUT2D eigenvalue weighted by molar-refractivity contribution is 5.69. The van der Waals surface area contributed by atoms with E-state index < -0.39 is 0 Å². The second-order valence-corrected chi connectivity index (χ2v) is 8.10. The van der Waals surface area contributed by atoms with E-state index in [-0.39, 0.29) is 25.0 Å². The van der Waals surface area contributed by atoms with E-state index in [9.17, 15) is 4.79 Å². The second-order valence-electron chi connectivity index (χ2n) is 8.10. The van der Waals surface area contributed by atoms with Gasteiger partial charge in [0.05, 0.1) is 13.7 Å². The number of rotatable bonds is 21. The second kappa shape index (κ2) is 24.7. The first kappa shape index (κ1) is 29.9. The van der Waals surface area contributed by atoms with Crippen molar-refractivity contribution < 1.29 is 31.9 Å². The van der Waals surface area contributed by atoms with Gasteiger partial charge in [0.15, 0.2) is 0 Å². The summed E-state index contributed by atoms with van der Waals surface area (Å²) in [5, 5.41) is 8.82. The molecule has 0 saturated carbocycles. The maximum atomic E-state index is 11.6. The van der Waals surface area contributed by atoms with Gasteiger partial charge in [0, 0.05) is 4.79 Å². The molecule has 0 rings (SSSR count). The quantitative estimate of drug-likeness (QED) is 0.167. The van der Waals surface area contributed by atoms with Gasteiger partial charge in [-0.15, -0.1) is 0 Å². The maximum absolute atomic E-state index is 11.6. The number of aliphatic hydroxyl groups excluding tert-OH is 1. The van der Waals surface area contributed by atoms with Gasteiger partial charge in [-0.2, -0.15) is 0 Å². The standard InChI is InChI=1S/C23H47NO3.ClH/c1-3-4-5-6-7-8-9-10-11-12-13-14-15-16-17-18-23(26)27-22-20-24(2)19-21-25;/h25H,3-22H2,1-2H3;1H/q+1;. The maximum Gasteiger partial charge on any atom is 0.574 e. The molecule has 0 heterocycles. The zero-order valence-corrected chi connectivity index (χ0v) is 19.5. The number of quaternary nitrogens is 1. The number of nitrogens with one attached hydrogen (secondary N) is 1. The molecule has 0 spiro atoms. The number of esters is 1. The van der Waals surface area contributed by atoms with E-state index >= 15 is 0 Å². The van der Waals surface area contributed by atoms with Crippen molar-refractivity contribution in [2.75, 3.05) is 33.4 Å². The van der Waals surface area contributed by atoms with E-state index in [0.29, 0.717) is 19.6 Å². The Labute approximate surface area is 181 Å². The topological polar surface area (TPSA) is 53.8 Å². The lowest BCUT2D eigenvalue weighted by Crippen LogP contribution is -3.10. The third-order valence-corrected chi connectivity index (χ3v) is 5.31. The van der Waals surface area contributed by atoms with Gasteiger partial charge >= 0.3 is 5.97 Å². The summed E-state index contributed by atoms with van der Waals surface area (Å²) < 4.78 is 5.24. The zero-order chi connectivity index (χ0) is 20.0. The average Bonchev–Trinajstić information content (AvgIpc) is 2.65. The van der Waals surface area contributed by atoms with Gasteiger partial charge in [0.2, 0.25) is 6.61 Å². The lowest BCUT2D eigenvalue weighted by molar-refractivity contribution is -0.880. The van der Waals surface area contributed by atoms with Gasteiger partial charge in [-0.3, -0.25) is 0 Å². The molecule has 5 heteroatoms. The summed E-state index contributed by atoms with van der Waals surface area (Å²) in [5.41, 5.74) is 0. The Bertz CT molecular complexity index is 316. The molecular weight excluding hydrogens is 374 g/mol. The molecule has 0 aromatic heterocycles. The van der Waals surface area contributed by atoms with Crippen molar-refractivity contribution in [2.24, 2.45) is 0 Å². The van der Waals surface area contributed by atoms with Crippen molar-refractivity contribution in [2.45, 2.75) is 110 Å². The molecule has 0 aromatic carbocycles. The number of aliphatic hydroxyl groups is 1. The van der Waals surface area contributed by atoms with Crippen LogP contribution >= 0.6 is 0 Å². The van der Waals surface area contributed by atoms with Gasteiger partial charge in [0.1, 0.15) is 19.5 Å². The molecule has 28 heavy (non-hydrogen) atoms. The molecule has 169 valence electrons. The minimum atomic E-state index is -0.0681. The molecule has 0 saturated heterocycles. The van der Waals surface area contributed by atoms with Crippen LogP contribution in [0.5, 0.6) is 0 Å².